The van der Waals surface area contributed by atoms with Crippen molar-refractivity contribution >= 4 is 5.97 Å². The number of alkyl halides is 2. The van der Waals surface area contributed by atoms with Crippen molar-refractivity contribution in [3.63, 3.8) is 0 Å². The van der Waals surface area contributed by atoms with Crippen molar-refractivity contribution in [2.75, 3.05) is 0 Å². The van der Waals surface area contributed by atoms with Gasteiger partial charge in [-0.1, -0.05) is 49.8 Å². The third kappa shape index (κ3) is 4.29. The van der Waals surface area contributed by atoms with Crippen LogP contribution >= 0.6 is 0 Å². The Morgan fingerprint density at radius 2 is 1.81 bits per heavy atom. The molecule has 3 nitrogen and oxygen atoms in total. The van der Waals surface area contributed by atoms with E-state index >= 15 is 0 Å². The first-order valence-electron chi connectivity index (χ1n) is 9.62. The number of carboxylic acid groups (broad SMARTS) is 1. The van der Waals surface area contributed by atoms with E-state index in [0.717, 1.165) is 37.2 Å². The number of halogens is 2. The normalized spacial score (nSPS) is 30.6. The van der Waals surface area contributed by atoms with Gasteiger partial charge in [0.25, 0.3) is 0 Å². The van der Waals surface area contributed by atoms with Crippen molar-refractivity contribution in [1.29, 1.82) is 0 Å². The molecule has 27 heavy (non-hydrogen) atoms. The molecule has 0 radical (unpaired) electrons. The fourth-order valence-corrected chi connectivity index (χ4v) is 4.34. The quantitative estimate of drug-likeness (QED) is 0.654. The Balaban J connectivity index is 1.96. The minimum atomic E-state index is -2.97. The Kier molecular flexibility index (Phi) is 6.10. The van der Waals surface area contributed by atoms with Gasteiger partial charge in [0.05, 0.1) is 5.92 Å². The molecule has 0 spiro atoms. The lowest BCUT2D eigenvalue weighted by Crippen LogP contribution is -2.32. The van der Waals surface area contributed by atoms with Crippen LogP contribution in [0.2, 0.25) is 0 Å². The van der Waals surface area contributed by atoms with Crippen LogP contribution in [0.3, 0.4) is 0 Å². The smallest absolute Gasteiger partial charge is 0.346 e. The van der Waals surface area contributed by atoms with Gasteiger partial charge in [0.15, 0.2) is 0 Å². The van der Waals surface area contributed by atoms with Crippen LogP contribution in [0.5, 0.6) is 0 Å². The Hall–Kier alpha value is -2.01. The molecular weight excluding hydrogens is 350 g/mol. The highest BCUT2D eigenvalue weighted by molar-refractivity contribution is 5.75. The van der Waals surface area contributed by atoms with E-state index in [0.29, 0.717) is 11.5 Å². The first kappa shape index (κ1) is 19.7. The molecule has 0 aliphatic heterocycles. The summed E-state index contributed by atoms with van der Waals surface area (Å²) in [5.74, 6) is -0.794. The minimum Gasteiger partial charge on any atom is -0.481 e. The highest BCUT2D eigenvalue weighted by atomic mass is 19.3. The molecule has 3 rings (SSSR count). The fraction of sp³-hybridized carbons (Fsp3) is 0.500. The van der Waals surface area contributed by atoms with Crippen molar-refractivity contribution in [2.45, 2.75) is 57.2 Å². The Bertz CT molecular complexity index is 704. The van der Waals surface area contributed by atoms with Crippen LogP contribution in [0.25, 0.3) is 0 Å². The number of aliphatic carboxylic acids is 1. The molecule has 0 bridgehead atoms. The highest BCUT2D eigenvalue weighted by Crippen LogP contribution is 2.44. The predicted molar refractivity (Wildman–Crippen MR) is 99.6 cm³/mol. The van der Waals surface area contributed by atoms with Gasteiger partial charge in [-0.3, -0.25) is 4.79 Å². The molecule has 146 valence electrons. The zero-order chi connectivity index (χ0) is 19.4. The van der Waals surface area contributed by atoms with Crippen LogP contribution in [0.15, 0.2) is 48.6 Å². The fourth-order valence-electron chi connectivity index (χ4n) is 4.34. The summed E-state index contributed by atoms with van der Waals surface area (Å²) in [5.41, 5.74) is 0.274. The predicted octanol–water partition coefficient (Wildman–Crippen LogP) is 5.63. The summed E-state index contributed by atoms with van der Waals surface area (Å²) in [6.45, 7) is -0.759. The molecule has 0 atom stereocenters. The van der Waals surface area contributed by atoms with E-state index in [4.69, 9.17) is 4.74 Å². The monoisotopic (exact) mass is 376 g/mol. The molecule has 2 aliphatic rings. The van der Waals surface area contributed by atoms with Crippen LogP contribution < -0.4 is 0 Å². The van der Waals surface area contributed by atoms with Gasteiger partial charge >= 0.3 is 12.6 Å². The van der Waals surface area contributed by atoms with Gasteiger partial charge in [0.2, 0.25) is 0 Å². The van der Waals surface area contributed by atoms with Crippen molar-refractivity contribution in [3.05, 3.63) is 59.7 Å². The van der Waals surface area contributed by atoms with Gasteiger partial charge in [-0.15, -0.1) is 0 Å². The Morgan fingerprint density at radius 1 is 1.19 bits per heavy atom. The molecule has 0 aromatic heterocycles. The first-order chi connectivity index (χ1) is 12.9. The topological polar surface area (TPSA) is 46.5 Å². The molecule has 1 fully saturated rings. The number of hydrogen-bond donors (Lipinski definition) is 1. The summed E-state index contributed by atoms with van der Waals surface area (Å²) in [7, 11) is 0. The summed E-state index contributed by atoms with van der Waals surface area (Å²) < 4.78 is 31.6. The lowest BCUT2D eigenvalue weighted by atomic mass is 9.73. The van der Waals surface area contributed by atoms with Crippen LogP contribution in [-0.2, 0) is 15.1 Å². The molecule has 5 heteroatoms. The second kappa shape index (κ2) is 8.34. The average molecular weight is 376 g/mol. The zero-order valence-electron chi connectivity index (χ0n) is 15.5. The van der Waals surface area contributed by atoms with E-state index in [1.54, 1.807) is 0 Å². The highest BCUT2D eigenvalue weighted by Gasteiger charge is 2.37. The van der Waals surface area contributed by atoms with E-state index in [9.17, 15) is 18.7 Å². The number of benzene rings is 1. The molecular formula is C22H26F2O3. The van der Waals surface area contributed by atoms with Gasteiger partial charge < -0.3 is 9.84 Å². The summed E-state index contributed by atoms with van der Waals surface area (Å²) in [6.07, 6.45) is 11.3. The lowest BCUT2D eigenvalue weighted by Gasteiger charge is -2.36. The largest absolute Gasteiger partial charge is 0.481 e. The van der Waals surface area contributed by atoms with Crippen molar-refractivity contribution in [3.8, 4) is 0 Å². The van der Waals surface area contributed by atoms with E-state index in [1.807, 2.05) is 24.3 Å². The number of carbonyl (C=O) groups is 1. The van der Waals surface area contributed by atoms with E-state index in [1.165, 1.54) is 30.7 Å². The Labute approximate surface area is 158 Å². The maximum absolute atomic E-state index is 13.3. The third-order valence-corrected chi connectivity index (χ3v) is 5.92. The van der Waals surface area contributed by atoms with E-state index in [-0.39, 0.29) is 0 Å². The van der Waals surface area contributed by atoms with Gasteiger partial charge in [0, 0.05) is 0 Å². The Morgan fingerprint density at radius 3 is 2.37 bits per heavy atom. The minimum absolute atomic E-state index is 0.307. The van der Waals surface area contributed by atoms with Crippen LogP contribution in [0.4, 0.5) is 8.78 Å². The first-order valence-corrected chi connectivity index (χ1v) is 9.62. The number of ether oxygens (including phenoxy) is 1. The molecule has 0 amide bonds. The standard InChI is InChI=1S/C22H26F2O3/c1-2-15-7-9-16(10-8-15)18-5-3-4-6-19(18)22(27-21(23)24)13-11-17(12-14-22)20(25)26/h3-6,11-17,21H,2,7-10H2,1H3,(H,25,26). The summed E-state index contributed by atoms with van der Waals surface area (Å²) >= 11 is 0. The second-order valence-corrected chi connectivity index (χ2v) is 7.47. The number of carboxylic acids is 1. The van der Waals surface area contributed by atoms with E-state index in [2.05, 4.69) is 6.92 Å². The van der Waals surface area contributed by atoms with Crippen LogP contribution in [0, 0.1) is 11.8 Å². The summed E-state index contributed by atoms with van der Waals surface area (Å²) in [6, 6.07) is 7.56. The van der Waals surface area contributed by atoms with Gasteiger partial charge in [-0.25, -0.2) is 0 Å². The SMILES string of the molecule is CCC1CCC(c2ccccc2C2(OC(F)F)C=CC(C(=O)O)C=C2)CC1. The molecule has 0 unspecified atom stereocenters. The van der Waals surface area contributed by atoms with Crippen LogP contribution in [0.1, 0.15) is 56.1 Å². The maximum Gasteiger partial charge on any atom is 0.346 e. The lowest BCUT2D eigenvalue weighted by molar-refractivity contribution is -0.180. The summed E-state index contributed by atoms with van der Waals surface area (Å²) in [4.78, 5) is 11.2. The molecule has 2 aliphatic carbocycles. The van der Waals surface area contributed by atoms with Crippen molar-refractivity contribution < 1.29 is 23.4 Å². The number of rotatable bonds is 6. The number of hydrogen-bond acceptors (Lipinski definition) is 2. The average Bonchev–Trinajstić information content (AvgIpc) is 2.68. The van der Waals surface area contributed by atoms with Crippen molar-refractivity contribution in [2.24, 2.45) is 11.8 Å². The van der Waals surface area contributed by atoms with E-state index < -0.39 is 24.1 Å². The zero-order valence-corrected chi connectivity index (χ0v) is 15.5. The molecule has 1 aromatic rings. The van der Waals surface area contributed by atoms with Gasteiger partial charge in [-0.05, 0) is 60.8 Å². The molecule has 0 saturated heterocycles. The summed E-state index contributed by atoms with van der Waals surface area (Å²) in [5, 5.41) is 9.18. The van der Waals surface area contributed by atoms with Crippen LogP contribution in [-0.4, -0.2) is 17.7 Å². The molecule has 1 aromatic carbocycles. The third-order valence-electron chi connectivity index (χ3n) is 5.92. The second-order valence-electron chi connectivity index (χ2n) is 7.47. The van der Waals surface area contributed by atoms with Gasteiger partial charge in [-0.2, -0.15) is 8.78 Å². The maximum atomic E-state index is 13.3. The molecule has 1 N–H and O–H groups in total. The van der Waals surface area contributed by atoms with Gasteiger partial charge in [0.1, 0.15) is 5.60 Å². The van der Waals surface area contributed by atoms with Crippen molar-refractivity contribution in [1.82, 2.24) is 0 Å². The molecule has 1 saturated carbocycles. The molecule has 0 heterocycles.